The number of amides is 1. The second-order valence-corrected chi connectivity index (χ2v) is 6.72. The van der Waals surface area contributed by atoms with Crippen LogP contribution in [0.25, 0.3) is 11.5 Å². The Kier molecular flexibility index (Phi) is 5.35. The standard InChI is InChI=1S/C22H15ClFN3O2/c23-17-11-9-14(10-12-17)19(25-20(28)16-7-4-8-18(24)13-16)22-27-26-21(29-22)15-5-2-1-3-6-15/h1-13,19H,(H,25,28). The fourth-order valence-electron chi connectivity index (χ4n) is 2.84. The van der Waals surface area contributed by atoms with E-state index in [0.29, 0.717) is 16.5 Å². The molecule has 1 N–H and O–H groups in total. The Morgan fingerprint density at radius 2 is 1.72 bits per heavy atom. The van der Waals surface area contributed by atoms with Crippen LogP contribution < -0.4 is 5.32 Å². The molecule has 0 aliphatic carbocycles. The van der Waals surface area contributed by atoms with E-state index in [0.717, 1.165) is 11.6 Å². The van der Waals surface area contributed by atoms with Crippen molar-refractivity contribution in [1.29, 1.82) is 0 Å². The van der Waals surface area contributed by atoms with Gasteiger partial charge in [-0.25, -0.2) is 4.39 Å². The first-order valence-electron chi connectivity index (χ1n) is 8.81. The number of rotatable bonds is 5. The van der Waals surface area contributed by atoms with Gasteiger partial charge in [-0.3, -0.25) is 4.79 Å². The van der Waals surface area contributed by atoms with Crippen LogP contribution >= 0.6 is 11.6 Å². The summed E-state index contributed by atoms with van der Waals surface area (Å²) in [6.45, 7) is 0. The first-order valence-corrected chi connectivity index (χ1v) is 9.18. The summed E-state index contributed by atoms with van der Waals surface area (Å²) in [5, 5.41) is 11.6. The van der Waals surface area contributed by atoms with Crippen LogP contribution in [0.4, 0.5) is 4.39 Å². The Labute approximate surface area is 171 Å². The van der Waals surface area contributed by atoms with Gasteiger partial charge in [-0.15, -0.1) is 10.2 Å². The predicted molar refractivity (Wildman–Crippen MR) is 107 cm³/mol. The van der Waals surface area contributed by atoms with E-state index >= 15 is 0 Å². The molecule has 0 bridgehead atoms. The SMILES string of the molecule is O=C(NC(c1ccc(Cl)cc1)c1nnc(-c2ccccc2)o1)c1cccc(F)c1. The Balaban J connectivity index is 1.68. The normalized spacial score (nSPS) is 11.8. The summed E-state index contributed by atoms with van der Waals surface area (Å²) in [7, 11) is 0. The summed E-state index contributed by atoms with van der Waals surface area (Å²) in [4.78, 5) is 12.7. The number of nitrogens with zero attached hydrogens (tertiary/aromatic N) is 2. The average Bonchev–Trinajstić information content (AvgIpc) is 3.23. The molecule has 0 aliphatic heterocycles. The van der Waals surface area contributed by atoms with Gasteiger partial charge in [-0.1, -0.05) is 48.0 Å². The van der Waals surface area contributed by atoms with E-state index in [4.69, 9.17) is 16.0 Å². The highest BCUT2D eigenvalue weighted by Gasteiger charge is 2.24. The first kappa shape index (κ1) is 18.8. The van der Waals surface area contributed by atoms with Crippen LogP contribution in [-0.2, 0) is 0 Å². The van der Waals surface area contributed by atoms with Gasteiger partial charge >= 0.3 is 0 Å². The van der Waals surface area contributed by atoms with Gasteiger partial charge in [0.25, 0.3) is 5.91 Å². The number of carbonyl (C=O) groups excluding carboxylic acids is 1. The van der Waals surface area contributed by atoms with Crippen molar-refractivity contribution in [2.24, 2.45) is 0 Å². The number of carbonyl (C=O) groups is 1. The van der Waals surface area contributed by atoms with Gasteiger partial charge in [-0.2, -0.15) is 0 Å². The molecule has 4 rings (SSSR count). The molecule has 1 unspecified atom stereocenters. The fraction of sp³-hybridized carbons (Fsp3) is 0.0455. The van der Waals surface area contributed by atoms with Crippen LogP contribution in [0.5, 0.6) is 0 Å². The van der Waals surface area contributed by atoms with Crippen LogP contribution in [0.3, 0.4) is 0 Å². The minimum atomic E-state index is -0.729. The third-order valence-corrected chi connectivity index (χ3v) is 4.53. The lowest BCUT2D eigenvalue weighted by Gasteiger charge is -2.16. The number of aromatic nitrogens is 2. The molecule has 29 heavy (non-hydrogen) atoms. The summed E-state index contributed by atoms with van der Waals surface area (Å²) in [6.07, 6.45) is 0. The van der Waals surface area contributed by atoms with E-state index in [9.17, 15) is 9.18 Å². The molecule has 7 heteroatoms. The zero-order valence-electron chi connectivity index (χ0n) is 15.0. The van der Waals surface area contributed by atoms with E-state index in [1.165, 1.54) is 18.2 Å². The van der Waals surface area contributed by atoms with Crippen molar-refractivity contribution >= 4 is 17.5 Å². The Bertz CT molecular complexity index is 1130. The number of benzene rings is 3. The highest BCUT2D eigenvalue weighted by Crippen LogP contribution is 2.26. The van der Waals surface area contributed by atoms with E-state index in [1.807, 2.05) is 30.3 Å². The van der Waals surface area contributed by atoms with E-state index in [2.05, 4.69) is 15.5 Å². The summed E-state index contributed by atoms with van der Waals surface area (Å²) < 4.78 is 19.3. The van der Waals surface area contributed by atoms with Crippen molar-refractivity contribution in [3.63, 3.8) is 0 Å². The Morgan fingerprint density at radius 3 is 2.45 bits per heavy atom. The molecule has 1 atom stereocenters. The van der Waals surface area contributed by atoms with Crippen LogP contribution in [-0.4, -0.2) is 16.1 Å². The van der Waals surface area contributed by atoms with Gasteiger partial charge in [-0.05, 0) is 48.0 Å². The summed E-state index contributed by atoms with van der Waals surface area (Å²) in [5.74, 6) is -0.427. The van der Waals surface area contributed by atoms with Crippen molar-refractivity contribution < 1.29 is 13.6 Å². The van der Waals surface area contributed by atoms with Crippen LogP contribution in [0.15, 0.2) is 83.3 Å². The average molecular weight is 408 g/mol. The van der Waals surface area contributed by atoms with Gasteiger partial charge < -0.3 is 9.73 Å². The lowest BCUT2D eigenvalue weighted by molar-refractivity contribution is 0.0937. The zero-order valence-corrected chi connectivity index (χ0v) is 15.8. The second kappa shape index (κ2) is 8.24. The molecular weight excluding hydrogens is 393 g/mol. The second-order valence-electron chi connectivity index (χ2n) is 6.28. The Morgan fingerprint density at radius 1 is 0.966 bits per heavy atom. The van der Waals surface area contributed by atoms with Gasteiger partial charge in [0.15, 0.2) is 0 Å². The minimum absolute atomic E-state index is 0.187. The minimum Gasteiger partial charge on any atom is -0.418 e. The molecule has 0 aliphatic rings. The molecule has 0 saturated carbocycles. The maximum Gasteiger partial charge on any atom is 0.252 e. The zero-order chi connectivity index (χ0) is 20.2. The van der Waals surface area contributed by atoms with Gasteiger partial charge in [0.05, 0.1) is 0 Å². The third kappa shape index (κ3) is 4.33. The number of nitrogens with one attached hydrogen (secondary N) is 1. The number of halogens is 2. The smallest absolute Gasteiger partial charge is 0.252 e. The Hall–Kier alpha value is -3.51. The molecule has 1 heterocycles. The first-order chi connectivity index (χ1) is 14.1. The molecule has 0 saturated heterocycles. The highest BCUT2D eigenvalue weighted by atomic mass is 35.5. The molecule has 3 aromatic carbocycles. The molecule has 0 radical (unpaired) electrons. The van der Waals surface area contributed by atoms with Crippen molar-refractivity contribution in [3.05, 3.63) is 107 Å². The molecule has 4 aromatic rings. The lowest BCUT2D eigenvalue weighted by atomic mass is 10.1. The summed E-state index contributed by atoms with van der Waals surface area (Å²) in [5.41, 5.74) is 1.65. The van der Waals surface area contributed by atoms with Gasteiger partial charge in [0, 0.05) is 16.1 Å². The molecule has 5 nitrogen and oxygen atoms in total. The summed E-state index contributed by atoms with van der Waals surface area (Å²) in [6, 6.07) is 20.9. The van der Waals surface area contributed by atoms with Crippen molar-refractivity contribution in [2.45, 2.75) is 6.04 Å². The maximum absolute atomic E-state index is 13.5. The maximum atomic E-state index is 13.5. The summed E-state index contributed by atoms with van der Waals surface area (Å²) >= 11 is 5.99. The largest absolute Gasteiger partial charge is 0.418 e. The molecule has 1 amide bonds. The third-order valence-electron chi connectivity index (χ3n) is 4.27. The lowest BCUT2D eigenvalue weighted by Crippen LogP contribution is -2.29. The van der Waals surface area contributed by atoms with Crippen molar-refractivity contribution in [1.82, 2.24) is 15.5 Å². The van der Waals surface area contributed by atoms with Crippen LogP contribution in [0.1, 0.15) is 27.9 Å². The van der Waals surface area contributed by atoms with Crippen LogP contribution in [0.2, 0.25) is 5.02 Å². The van der Waals surface area contributed by atoms with Crippen molar-refractivity contribution in [3.8, 4) is 11.5 Å². The predicted octanol–water partition coefficient (Wildman–Crippen LogP) is 5.05. The van der Waals surface area contributed by atoms with E-state index in [1.54, 1.807) is 24.3 Å². The molecular formula is C22H15ClFN3O2. The molecule has 0 fully saturated rings. The monoisotopic (exact) mass is 407 g/mol. The van der Waals surface area contributed by atoms with E-state index in [-0.39, 0.29) is 11.5 Å². The molecule has 0 spiro atoms. The van der Waals surface area contributed by atoms with Gasteiger partial charge in [0.1, 0.15) is 11.9 Å². The van der Waals surface area contributed by atoms with Gasteiger partial charge in [0.2, 0.25) is 11.8 Å². The van der Waals surface area contributed by atoms with Crippen LogP contribution in [0, 0.1) is 5.82 Å². The van der Waals surface area contributed by atoms with Crippen molar-refractivity contribution in [2.75, 3.05) is 0 Å². The van der Waals surface area contributed by atoms with E-state index < -0.39 is 17.8 Å². The molecule has 144 valence electrons. The topological polar surface area (TPSA) is 68.0 Å². The quantitative estimate of drug-likeness (QED) is 0.502. The fourth-order valence-corrected chi connectivity index (χ4v) is 2.96. The highest BCUT2D eigenvalue weighted by molar-refractivity contribution is 6.30. The number of hydrogen-bond donors (Lipinski definition) is 1. The number of hydrogen-bond acceptors (Lipinski definition) is 4. The molecule has 1 aromatic heterocycles.